The number of pyridine rings is 2. The highest BCUT2D eigenvalue weighted by Crippen LogP contribution is 2.28. The van der Waals surface area contributed by atoms with Crippen molar-refractivity contribution in [1.29, 1.82) is 0 Å². The van der Waals surface area contributed by atoms with Crippen molar-refractivity contribution >= 4 is 36.3 Å². The number of aromatic nitrogens is 6. The summed E-state index contributed by atoms with van der Waals surface area (Å²) in [7, 11) is -1.11. The van der Waals surface area contributed by atoms with Crippen molar-refractivity contribution < 1.29 is 4.74 Å². The van der Waals surface area contributed by atoms with Gasteiger partial charge in [-0.3, -0.25) is 4.98 Å². The predicted octanol–water partition coefficient (Wildman–Crippen LogP) is 5.51. The molecule has 8 nitrogen and oxygen atoms in total. The Morgan fingerprint density at radius 1 is 1.00 bits per heavy atom. The molecular weight excluding hydrogens is 442 g/mol. The van der Waals surface area contributed by atoms with Gasteiger partial charge in [0.25, 0.3) is 0 Å². The fraction of sp³-hybridized carbons (Fsp3) is 0.280. The summed E-state index contributed by atoms with van der Waals surface area (Å²) in [6, 6.07) is 15.0. The summed E-state index contributed by atoms with van der Waals surface area (Å²) >= 11 is 0. The van der Waals surface area contributed by atoms with E-state index in [2.05, 4.69) is 46.1 Å². The fourth-order valence-electron chi connectivity index (χ4n) is 3.80. The molecule has 0 radical (unpaired) electrons. The minimum absolute atomic E-state index is 0.492. The maximum Gasteiger partial charge on any atom is 0.158 e. The molecule has 0 aliphatic rings. The van der Waals surface area contributed by atoms with Gasteiger partial charge in [-0.1, -0.05) is 25.7 Å². The second-order valence-electron chi connectivity index (χ2n) is 9.65. The van der Waals surface area contributed by atoms with E-state index in [-0.39, 0.29) is 0 Å². The van der Waals surface area contributed by atoms with Crippen LogP contribution in [-0.2, 0) is 11.5 Å². The highest BCUT2D eigenvalue weighted by molar-refractivity contribution is 6.76. The van der Waals surface area contributed by atoms with E-state index in [9.17, 15) is 0 Å². The van der Waals surface area contributed by atoms with Gasteiger partial charge in [0, 0.05) is 50.3 Å². The van der Waals surface area contributed by atoms with E-state index in [1.165, 1.54) is 0 Å². The molecular formula is C25H29N7OSi. The lowest BCUT2D eigenvalue weighted by Gasteiger charge is -2.15. The summed E-state index contributed by atoms with van der Waals surface area (Å²) in [6.45, 7) is 10.3. The Bertz CT molecular complexity index is 1450. The fourth-order valence-corrected chi connectivity index (χ4v) is 4.56. The molecule has 0 saturated heterocycles. The molecule has 0 bridgehead atoms. The number of nitrogens with zero attached hydrogens (tertiary/aromatic N) is 6. The van der Waals surface area contributed by atoms with Crippen molar-refractivity contribution in [1.82, 2.24) is 29.1 Å². The molecule has 5 aromatic heterocycles. The molecule has 5 rings (SSSR count). The molecule has 174 valence electrons. The number of rotatable bonds is 8. The molecule has 1 N–H and O–H groups in total. The molecule has 34 heavy (non-hydrogen) atoms. The Morgan fingerprint density at radius 2 is 1.88 bits per heavy atom. The Kier molecular flexibility index (Phi) is 5.89. The summed E-state index contributed by atoms with van der Waals surface area (Å²) in [5.41, 5.74) is 5.14. The standard InChI is InChI=1S/C25H29N7OSi/c1-18-6-5-7-21(28-18)22-16-24(32-23(30-22)9-12-27-32)29-20-8-11-26-25-19(20)10-13-31(25)17-33-14-15-34(2,3)4/h5-13,16H,14-15,17H2,1-4H3,(H,26,29). The van der Waals surface area contributed by atoms with Gasteiger partial charge >= 0.3 is 0 Å². The van der Waals surface area contributed by atoms with Crippen LogP contribution in [0.25, 0.3) is 28.1 Å². The van der Waals surface area contributed by atoms with E-state index in [0.29, 0.717) is 6.73 Å². The van der Waals surface area contributed by atoms with E-state index in [4.69, 9.17) is 9.72 Å². The normalized spacial score (nSPS) is 12.0. The highest BCUT2D eigenvalue weighted by Gasteiger charge is 2.14. The average Bonchev–Trinajstić information content (AvgIpc) is 3.44. The molecule has 0 saturated carbocycles. The van der Waals surface area contributed by atoms with Crippen LogP contribution in [0.3, 0.4) is 0 Å². The second-order valence-corrected chi connectivity index (χ2v) is 15.3. The predicted molar refractivity (Wildman–Crippen MR) is 138 cm³/mol. The van der Waals surface area contributed by atoms with Gasteiger partial charge in [-0.2, -0.15) is 9.61 Å². The average molecular weight is 472 g/mol. The monoisotopic (exact) mass is 471 g/mol. The van der Waals surface area contributed by atoms with Gasteiger partial charge in [-0.15, -0.1) is 0 Å². The first-order valence-electron chi connectivity index (χ1n) is 11.4. The number of hydrogen-bond acceptors (Lipinski definition) is 6. The zero-order valence-electron chi connectivity index (χ0n) is 20.0. The van der Waals surface area contributed by atoms with Crippen LogP contribution in [0, 0.1) is 6.92 Å². The van der Waals surface area contributed by atoms with E-state index >= 15 is 0 Å². The molecule has 5 aromatic rings. The van der Waals surface area contributed by atoms with Crippen LogP contribution in [0.5, 0.6) is 0 Å². The minimum atomic E-state index is -1.11. The Hall–Kier alpha value is -3.56. The molecule has 0 unspecified atom stereocenters. The van der Waals surface area contributed by atoms with E-state index in [1.54, 1.807) is 10.7 Å². The number of hydrogen-bond donors (Lipinski definition) is 1. The van der Waals surface area contributed by atoms with Gasteiger partial charge in [0.15, 0.2) is 5.65 Å². The van der Waals surface area contributed by atoms with Gasteiger partial charge in [-0.05, 0) is 37.2 Å². The molecule has 0 fully saturated rings. The van der Waals surface area contributed by atoms with E-state index < -0.39 is 8.07 Å². The molecule has 0 spiro atoms. The van der Waals surface area contributed by atoms with Crippen LogP contribution in [0.2, 0.25) is 25.7 Å². The molecule has 0 atom stereocenters. The number of anilines is 2. The number of nitrogens with one attached hydrogen (secondary N) is 1. The van der Waals surface area contributed by atoms with Gasteiger partial charge in [0.1, 0.15) is 18.2 Å². The molecule has 0 aliphatic carbocycles. The summed E-state index contributed by atoms with van der Waals surface area (Å²) in [4.78, 5) is 14.0. The first kappa shape index (κ1) is 22.2. The SMILES string of the molecule is Cc1cccc(-c2cc(Nc3ccnc4c3ccn4COCC[Si](C)(C)C)n3nccc3n2)n1. The Morgan fingerprint density at radius 3 is 2.71 bits per heavy atom. The van der Waals surface area contributed by atoms with Crippen LogP contribution in [0.4, 0.5) is 11.5 Å². The van der Waals surface area contributed by atoms with Crippen molar-refractivity contribution in [2.24, 2.45) is 0 Å². The number of fused-ring (bicyclic) bond motifs is 2. The topological polar surface area (TPSA) is 82.2 Å². The van der Waals surface area contributed by atoms with Crippen molar-refractivity contribution in [3.8, 4) is 11.4 Å². The van der Waals surface area contributed by atoms with E-state index in [1.807, 2.05) is 60.3 Å². The quantitative estimate of drug-likeness (QED) is 0.237. The zero-order valence-corrected chi connectivity index (χ0v) is 21.0. The summed E-state index contributed by atoms with van der Waals surface area (Å²) < 4.78 is 9.79. The van der Waals surface area contributed by atoms with Gasteiger partial charge < -0.3 is 14.6 Å². The van der Waals surface area contributed by atoms with Crippen LogP contribution >= 0.6 is 0 Å². The van der Waals surface area contributed by atoms with Crippen molar-refractivity contribution in [2.45, 2.75) is 39.3 Å². The smallest absolute Gasteiger partial charge is 0.158 e. The van der Waals surface area contributed by atoms with Crippen LogP contribution in [0.1, 0.15) is 5.69 Å². The van der Waals surface area contributed by atoms with Gasteiger partial charge in [0.2, 0.25) is 0 Å². The summed E-state index contributed by atoms with van der Waals surface area (Å²) in [5.74, 6) is 0.806. The van der Waals surface area contributed by atoms with Gasteiger partial charge in [0.05, 0.1) is 23.3 Å². The maximum atomic E-state index is 5.95. The lowest BCUT2D eigenvalue weighted by atomic mass is 10.2. The maximum absolute atomic E-state index is 5.95. The first-order chi connectivity index (χ1) is 16.4. The summed E-state index contributed by atoms with van der Waals surface area (Å²) in [5, 5.41) is 9.02. The third kappa shape index (κ3) is 4.71. The lowest BCUT2D eigenvalue weighted by Crippen LogP contribution is -2.22. The second kappa shape index (κ2) is 9.00. The number of ether oxygens (including phenoxy) is 1. The molecule has 0 amide bonds. The number of aryl methyl sites for hydroxylation is 1. The van der Waals surface area contributed by atoms with Crippen molar-refractivity contribution in [3.63, 3.8) is 0 Å². The van der Waals surface area contributed by atoms with Gasteiger partial charge in [-0.25, -0.2) is 9.97 Å². The minimum Gasteiger partial charge on any atom is -0.361 e. The lowest BCUT2D eigenvalue weighted by molar-refractivity contribution is 0.0899. The molecule has 0 aliphatic heterocycles. The molecule has 0 aromatic carbocycles. The van der Waals surface area contributed by atoms with E-state index in [0.717, 1.165) is 57.9 Å². The Labute approximate surface area is 199 Å². The first-order valence-corrected chi connectivity index (χ1v) is 15.2. The largest absolute Gasteiger partial charge is 0.361 e. The third-order valence-electron chi connectivity index (χ3n) is 5.66. The van der Waals surface area contributed by atoms with Crippen LogP contribution in [0.15, 0.2) is 61.1 Å². The van der Waals surface area contributed by atoms with Crippen molar-refractivity contribution in [3.05, 3.63) is 66.7 Å². The zero-order chi connectivity index (χ0) is 23.7. The third-order valence-corrected chi connectivity index (χ3v) is 7.37. The van der Waals surface area contributed by atoms with Crippen LogP contribution < -0.4 is 5.32 Å². The molecule has 9 heteroatoms. The summed E-state index contributed by atoms with van der Waals surface area (Å²) in [6.07, 6.45) is 5.58. The Balaban J connectivity index is 1.45. The van der Waals surface area contributed by atoms with Crippen molar-refractivity contribution in [2.75, 3.05) is 11.9 Å². The molecule has 5 heterocycles. The van der Waals surface area contributed by atoms with Crippen LogP contribution in [-0.4, -0.2) is 43.8 Å². The highest BCUT2D eigenvalue weighted by atomic mass is 28.3.